The molecule has 0 aliphatic heterocycles. The van der Waals surface area contributed by atoms with Gasteiger partial charge in [0.05, 0.1) is 0 Å². The van der Waals surface area contributed by atoms with Gasteiger partial charge in [0.25, 0.3) is 0 Å². The molecule has 0 saturated heterocycles. The topological polar surface area (TPSA) is 88.2 Å². The van der Waals surface area contributed by atoms with E-state index < -0.39 is 11.7 Å². The van der Waals surface area contributed by atoms with Gasteiger partial charge in [0.2, 0.25) is 0 Å². The van der Waals surface area contributed by atoms with Gasteiger partial charge in [-0.15, -0.1) is 0 Å². The summed E-state index contributed by atoms with van der Waals surface area (Å²) in [4.78, 5) is 11.4. The van der Waals surface area contributed by atoms with Crippen molar-refractivity contribution in [1.82, 2.24) is 5.32 Å². The maximum absolute atomic E-state index is 11.4. The van der Waals surface area contributed by atoms with E-state index in [9.17, 15) is 4.79 Å². The summed E-state index contributed by atoms with van der Waals surface area (Å²) < 4.78 is 5.11. The number of carbonyl (C=O) groups excluding carboxylic acids is 1. The highest BCUT2D eigenvalue weighted by molar-refractivity contribution is 5.95. The Morgan fingerprint density at radius 3 is 2.45 bits per heavy atom. The minimum Gasteiger partial charge on any atom is -0.444 e. The zero-order chi connectivity index (χ0) is 15.2. The summed E-state index contributed by atoms with van der Waals surface area (Å²) in [7, 11) is 0. The van der Waals surface area contributed by atoms with Crippen LogP contribution in [0.1, 0.15) is 31.9 Å². The quantitative estimate of drug-likeness (QED) is 0.582. The third-order valence-electron chi connectivity index (χ3n) is 2.30. The molecule has 1 amide bonds. The van der Waals surface area contributed by atoms with Crippen molar-refractivity contribution in [2.75, 3.05) is 6.54 Å². The molecule has 0 saturated carbocycles. The van der Waals surface area contributed by atoms with Crippen molar-refractivity contribution in [3.63, 3.8) is 0 Å². The summed E-state index contributed by atoms with van der Waals surface area (Å²) >= 11 is 0. The number of nitrogens with two attached hydrogens (primary N) is 1. The monoisotopic (exact) mass is 275 g/mol. The average molecular weight is 275 g/mol. The Kier molecular flexibility index (Phi) is 5.32. The number of nitrogens with one attached hydrogen (secondary N) is 2. The van der Waals surface area contributed by atoms with Crippen LogP contribution in [0.4, 0.5) is 4.79 Å². The molecule has 0 unspecified atom stereocenters. The van der Waals surface area contributed by atoms with Crippen LogP contribution in [-0.2, 0) is 4.74 Å². The number of hydrogen-bond donors (Lipinski definition) is 3. The molecule has 1 rings (SSSR count). The highest BCUT2D eigenvalue weighted by Gasteiger charge is 2.14. The summed E-state index contributed by atoms with van der Waals surface area (Å²) in [5.74, 6) is 0.0483. The fourth-order valence-corrected chi connectivity index (χ4v) is 1.43. The first-order chi connectivity index (χ1) is 9.28. The molecule has 4 N–H and O–H groups in total. The Balaban J connectivity index is 2.42. The molecule has 0 atom stereocenters. The van der Waals surface area contributed by atoms with Gasteiger partial charge >= 0.3 is 6.09 Å². The van der Waals surface area contributed by atoms with Crippen molar-refractivity contribution >= 4 is 18.0 Å². The van der Waals surface area contributed by atoms with Crippen molar-refractivity contribution in [3.05, 3.63) is 41.5 Å². The van der Waals surface area contributed by atoms with Crippen LogP contribution in [-0.4, -0.2) is 24.1 Å². The third-order valence-corrected chi connectivity index (χ3v) is 2.30. The minimum absolute atomic E-state index is 0.0483. The summed E-state index contributed by atoms with van der Waals surface area (Å²) in [6.45, 7) is 5.85. The minimum atomic E-state index is -0.490. The smallest absolute Gasteiger partial charge is 0.407 e. The molecule has 0 bridgehead atoms. The maximum Gasteiger partial charge on any atom is 0.407 e. The fraction of sp³-hybridized carbons (Fsp3) is 0.333. The lowest BCUT2D eigenvalue weighted by molar-refractivity contribution is 0.0534. The first-order valence-corrected chi connectivity index (χ1v) is 6.36. The first kappa shape index (κ1) is 15.8. The molecule has 0 fully saturated rings. The molecule has 0 heterocycles. The summed E-state index contributed by atoms with van der Waals surface area (Å²) in [6, 6.07) is 7.29. The van der Waals surface area contributed by atoms with Gasteiger partial charge in [0, 0.05) is 12.1 Å². The van der Waals surface area contributed by atoms with Crippen LogP contribution in [0.15, 0.2) is 30.3 Å². The molecule has 0 spiro atoms. The average Bonchev–Trinajstić information content (AvgIpc) is 2.33. The van der Waals surface area contributed by atoms with Gasteiger partial charge in [-0.1, -0.05) is 36.4 Å². The second kappa shape index (κ2) is 6.75. The van der Waals surface area contributed by atoms with Crippen molar-refractivity contribution in [1.29, 1.82) is 5.41 Å². The van der Waals surface area contributed by atoms with E-state index in [0.717, 1.165) is 5.56 Å². The van der Waals surface area contributed by atoms with Crippen molar-refractivity contribution < 1.29 is 9.53 Å². The number of hydrogen-bond acceptors (Lipinski definition) is 3. The molecule has 1 aromatic rings. The Hall–Kier alpha value is -2.30. The fourth-order valence-electron chi connectivity index (χ4n) is 1.43. The largest absolute Gasteiger partial charge is 0.444 e. The summed E-state index contributed by atoms with van der Waals surface area (Å²) in [5, 5.41) is 9.93. The highest BCUT2D eigenvalue weighted by Crippen LogP contribution is 2.07. The number of nitrogen functional groups attached to an aromatic ring is 1. The predicted octanol–water partition coefficient (Wildman–Crippen LogP) is 2.51. The lowest BCUT2D eigenvalue weighted by Gasteiger charge is -2.19. The molecular weight excluding hydrogens is 254 g/mol. The van der Waals surface area contributed by atoms with Crippen molar-refractivity contribution in [3.8, 4) is 0 Å². The third kappa shape index (κ3) is 6.04. The van der Waals surface area contributed by atoms with Crippen LogP contribution in [0.5, 0.6) is 0 Å². The molecule has 5 heteroatoms. The Labute approximate surface area is 119 Å². The standard InChI is InChI=1S/C15H21N3O2/c1-15(2,3)20-14(19)18-10-4-5-11-6-8-12(9-7-11)13(16)17/h4-9H,10H2,1-3H3,(H3,16,17)(H,18,19). The number of benzene rings is 1. The van der Waals surface area contributed by atoms with Gasteiger partial charge in [0.15, 0.2) is 0 Å². The maximum atomic E-state index is 11.4. The number of amides is 1. The highest BCUT2D eigenvalue weighted by atomic mass is 16.6. The lowest BCUT2D eigenvalue weighted by Crippen LogP contribution is -2.32. The normalized spacial score (nSPS) is 11.3. The Morgan fingerprint density at radius 1 is 1.35 bits per heavy atom. The van der Waals surface area contributed by atoms with E-state index in [-0.39, 0.29) is 5.84 Å². The second-order valence-corrected chi connectivity index (χ2v) is 5.32. The molecular formula is C15H21N3O2. The summed E-state index contributed by atoms with van der Waals surface area (Å²) in [6.07, 6.45) is 3.27. The van der Waals surface area contributed by atoms with E-state index >= 15 is 0 Å². The second-order valence-electron chi connectivity index (χ2n) is 5.32. The molecule has 0 aliphatic carbocycles. The van der Waals surface area contributed by atoms with E-state index in [1.165, 1.54) is 0 Å². The van der Waals surface area contributed by atoms with Gasteiger partial charge in [-0.3, -0.25) is 5.41 Å². The zero-order valence-electron chi connectivity index (χ0n) is 12.1. The van der Waals surface area contributed by atoms with E-state index in [1.54, 1.807) is 12.1 Å². The van der Waals surface area contributed by atoms with Crippen molar-refractivity contribution in [2.24, 2.45) is 5.73 Å². The Bertz CT molecular complexity index is 499. The van der Waals surface area contributed by atoms with Gasteiger partial charge in [-0.05, 0) is 26.3 Å². The van der Waals surface area contributed by atoms with Gasteiger partial charge < -0.3 is 15.8 Å². The van der Waals surface area contributed by atoms with Crippen LogP contribution in [0.25, 0.3) is 6.08 Å². The summed E-state index contributed by atoms with van der Waals surface area (Å²) in [5.41, 5.74) is 6.55. The van der Waals surface area contributed by atoms with Crippen LogP contribution >= 0.6 is 0 Å². The lowest BCUT2D eigenvalue weighted by atomic mass is 10.1. The van der Waals surface area contributed by atoms with Crippen LogP contribution in [0.2, 0.25) is 0 Å². The van der Waals surface area contributed by atoms with E-state index in [1.807, 2.05) is 45.1 Å². The zero-order valence-corrected chi connectivity index (χ0v) is 12.1. The SMILES string of the molecule is CC(C)(C)OC(=O)NCC=Cc1ccc(C(=N)N)cc1. The molecule has 1 aromatic carbocycles. The number of amidine groups is 1. The van der Waals surface area contributed by atoms with Gasteiger partial charge in [0.1, 0.15) is 11.4 Å². The number of alkyl carbamates (subject to hydrolysis) is 1. The first-order valence-electron chi connectivity index (χ1n) is 6.36. The van der Waals surface area contributed by atoms with Crippen LogP contribution in [0.3, 0.4) is 0 Å². The predicted molar refractivity (Wildman–Crippen MR) is 80.7 cm³/mol. The van der Waals surface area contributed by atoms with Gasteiger partial charge in [-0.25, -0.2) is 4.79 Å². The Morgan fingerprint density at radius 2 is 1.95 bits per heavy atom. The van der Waals surface area contributed by atoms with Crippen molar-refractivity contribution in [2.45, 2.75) is 26.4 Å². The van der Waals surface area contributed by atoms with E-state index in [0.29, 0.717) is 12.1 Å². The molecule has 0 radical (unpaired) electrons. The van der Waals surface area contributed by atoms with E-state index in [4.69, 9.17) is 15.9 Å². The van der Waals surface area contributed by atoms with Gasteiger partial charge in [-0.2, -0.15) is 0 Å². The number of carbonyl (C=O) groups is 1. The van der Waals surface area contributed by atoms with E-state index in [2.05, 4.69) is 5.32 Å². The molecule has 0 aromatic heterocycles. The van der Waals surface area contributed by atoms with Crippen LogP contribution < -0.4 is 11.1 Å². The molecule has 5 nitrogen and oxygen atoms in total. The molecule has 20 heavy (non-hydrogen) atoms. The molecule has 108 valence electrons. The molecule has 0 aliphatic rings. The van der Waals surface area contributed by atoms with Crippen LogP contribution in [0, 0.1) is 5.41 Å². The number of rotatable bonds is 4. The number of ether oxygens (including phenoxy) is 1.